The quantitative estimate of drug-likeness (QED) is 0.286. The normalized spacial score (nSPS) is 12.8. The van der Waals surface area contributed by atoms with Crippen molar-refractivity contribution in [3.8, 4) is 0 Å². The summed E-state index contributed by atoms with van der Waals surface area (Å²) in [4.78, 5) is 12.9. The van der Waals surface area contributed by atoms with Gasteiger partial charge in [-0.2, -0.15) is 5.10 Å². The first-order chi connectivity index (χ1) is 16.9. The Labute approximate surface area is 208 Å². The third kappa shape index (κ3) is 4.65. The molecule has 176 valence electrons. The summed E-state index contributed by atoms with van der Waals surface area (Å²) in [6, 6.07) is 24.6. The van der Waals surface area contributed by atoms with Crippen molar-refractivity contribution in [2.45, 2.75) is 17.7 Å². The van der Waals surface area contributed by atoms with Crippen LogP contribution in [-0.2, 0) is 27.7 Å². The highest BCUT2D eigenvalue weighted by Gasteiger charge is 2.27. The van der Waals surface area contributed by atoms with Crippen molar-refractivity contribution in [2.75, 3.05) is 10.8 Å². The summed E-state index contributed by atoms with van der Waals surface area (Å²) in [6.07, 6.45) is 3.65. The van der Waals surface area contributed by atoms with Gasteiger partial charge < -0.3 is 0 Å². The fourth-order valence-electron chi connectivity index (χ4n) is 4.39. The number of halogens is 1. The molecule has 4 aromatic rings. The molecule has 1 aliphatic rings. The van der Waals surface area contributed by atoms with E-state index < -0.39 is 22.5 Å². The largest absolute Gasteiger partial charge is 0.271 e. The summed E-state index contributed by atoms with van der Waals surface area (Å²) in [5.74, 6) is -0.577. The standard InChI is InChI=1S/C27H22ClN3O3S/c28-22-7-5-8-23(16-22)31(35(33,34)24-9-2-1-3-10-24)18-26(32)30-29-17-21-15-14-20-13-12-19-6-4-11-25(21)27(19)20/h1-11,14-17H,12-13,18H2,(H,30,32)/b29-17+. The van der Waals surface area contributed by atoms with Crippen LogP contribution in [0.25, 0.3) is 10.8 Å². The first kappa shape index (κ1) is 23.1. The van der Waals surface area contributed by atoms with Crippen LogP contribution in [0.4, 0.5) is 5.69 Å². The number of nitrogens with zero attached hydrogens (tertiary/aromatic N) is 2. The number of aryl methyl sites for hydroxylation is 2. The van der Waals surface area contributed by atoms with Gasteiger partial charge >= 0.3 is 0 Å². The number of carbonyl (C=O) groups excluding carboxylic acids is 1. The van der Waals surface area contributed by atoms with Gasteiger partial charge in [0.2, 0.25) is 0 Å². The van der Waals surface area contributed by atoms with Crippen LogP contribution in [-0.4, -0.2) is 27.1 Å². The first-order valence-electron chi connectivity index (χ1n) is 11.1. The van der Waals surface area contributed by atoms with E-state index in [-0.39, 0.29) is 10.6 Å². The predicted molar refractivity (Wildman–Crippen MR) is 140 cm³/mol. The highest BCUT2D eigenvalue weighted by Crippen LogP contribution is 2.32. The lowest BCUT2D eigenvalue weighted by Gasteiger charge is -2.23. The SMILES string of the molecule is O=C(CN(c1cccc(Cl)c1)S(=O)(=O)c1ccccc1)N/N=C/c1ccc2c3c(cccc13)CC2. The van der Waals surface area contributed by atoms with Gasteiger partial charge in [0, 0.05) is 10.6 Å². The molecule has 1 aliphatic carbocycles. The van der Waals surface area contributed by atoms with Crippen molar-refractivity contribution in [2.24, 2.45) is 5.10 Å². The van der Waals surface area contributed by atoms with Crippen molar-refractivity contribution in [3.05, 3.63) is 107 Å². The third-order valence-electron chi connectivity index (χ3n) is 6.02. The Morgan fingerprint density at radius 1 is 0.943 bits per heavy atom. The van der Waals surface area contributed by atoms with Crippen LogP contribution in [0.3, 0.4) is 0 Å². The molecule has 0 heterocycles. The highest BCUT2D eigenvalue weighted by molar-refractivity contribution is 7.92. The number of anilines is 1. The van der Waals surface area contributed by atoms with Gasteiger partial charge in [-0.25, -0.2) is 13.8 Å². The Hall–Kier alpha value is -3.68. The zero-order chi connectivity index (χ0) is 24.4. The highest BCUT2D eigenvalue weighted by atomic mass is 35.5. The molecule has 0 unspecified atom stereocenters. The summed E-state index contributed by atoms with van der Waals surface area (Å²) >= 11 is 6.10. The van der Waals surface area contributed by atoms with Gasteiger partial charge in [-0.1, -0.05) is 66.2 Å². The van der Waals surface area contributed by atoms with Gasteiger partial charge in [0.05, 0.1) is 16.8 Å². The molecule has 4 aromatic carbocycles. The van der Waals surface area contributed by atoms with E-state index in [9.17, 15) is 13.2 Å². The van der Waals surface area contributed by atoms with E-state index in [1.807, 2.05) is 18.2 Å². The van der Waals surface area contributed by atoms with Gasteiger partial charge in [0.1, 0.15) is 6.54 Å². The third-order valence-corrected chi connectivity index (χ3v) is 8.04. The van der Waals surface area contributed by atoms with Crippen LogP contribution < -0.4 is 9.73 Å². The van der Waals surface area contributed by atoms with Crippen LogP contribution in [0.1, 0.15) is 16.7 Å². The van der Waals surface area contributed by atoms with Crippen LogP contribution in [0.15, 0.2) is 94.9 Å². The Bertz CT molecular complexity index is 1540. The van der Waals surface area contributed by atoms with Gasteiger partial charge in [0.25, 0.3) is 15.9 Å². The lowest BCUT2D eigenvalue weighted by atomic mass is 10.0. The van der Waals surface area contributed by atoms with Crippen molar-refractivity contribution >= 4 is 50.2 Å². The molecule has 0 saturated heterocycles. The second-order valence-corrected chi connectivity index (χ2v) is 10.6. The van der Waals surface area contributed by atoms with Crippen LogP contribution in [0.2, 0.25) is 5.02 Å². The molecule has 0 radical (unpaired) electrons. The lowest BCUT2D eigenvalue weighted by Crippen LogP contribution is -2.39. The Morgan fingerprint density at radius 2 is 1.69 bits per heavy atom. The minimum atomic E-state index is -4.01. The van der Waals surface area contributed by atoms with E-state index in [2.05, 4.69) is 22.7 Å². The summed E-state index contributed by atoms with van der Waals surface area (Å²) < 4.78 is 27.7. The molecule has 0 aliphatic heterocycles. The number of sulfonamides is 1. The summed E-state index contributed by atoms with van der Waals surface area (Å²) in [5.41, 5.74) is 6.28. The number of hydrogen-bond donors (Lipinski definition) is 1. The van der Waals surface area contributed by atoms with E-state index in [4.69, 9.17) is 11.6 Å². The van der Waals surface area contributed by atoms with Crippen molar-refractivity contribution < 1.29 is 13.2 Å². The van der Waals surface area contributed by atoms with Gasteiger partial charge in [0.15, 0.2) is 0 Å². The fourth-order valence-corrected chi connectivity index (χ4v) is 6.01. The van der Waals surface area contributed by atoms with E-state index >= 15 is 0 Å². The molecule has 1 amide bonds. The smallest absolute Gasteiger partial charge is 0.264 e. The van der Waals surface area contributed by atoms with Crippen LogP contribution >= 0.6 is 11.6 Å². The molecule has 0 spiro atoms. The van der Waals surface area contributed by atoms with Gasteiger partial charge in [-0.3, -0.25) is 9.10 Å². The topological polar surface area (TPSA) is 78.8 Å². The van der Waals surface area contributed by atoms with E-state index in [0.29, 0.717) is 5.02 Å². The molecule has 0 atom stereocenters. The maximum Gasteiger partial charge on any atom is 0.264 e. The van der Waals surface area contributed by atoms with Crippen molar-refractivity contribution in [3.63, 3.8) is 0 Å². The molecule has 0 fully saturated rings. The average Bonchev–Trinajstić information content (AvgIpc) is 3.29. The number of amides is 1. The van der Waals surface area contributed by atoms with Crippen LogP contribution in [0, 0.1) is 0 Å². The number of benzene rings is 4. The fraction of sp³-hybridized carbons (Fsp3) is 0.111. The molecule has 5 rings (SSSR count). The minimum Gasteiger partial charge on any atom is -0.271 e. The minimum absolute atomic E-state index is 0.0733. The molecular formula is C27H22ClN3O3S. The molecule has 35 heavy (non-hydrogen) atoms. The Balaban J connectivity index is 1.39. The number of rotatable bonds is 7. The molecule has 1 N–H and O–H groups in total. The maximum absolute atomic E-state index is 13.4. The number of hydrogen-bond acceptors (Lipinski definition) is 4. The molecule has 0 saturated carbocycles. The van der Waals surface area contributed by atoms with Gasteiger partial charge in [-0.15, -0.1) is 0 Å². The Morgan fingerprint density at radius 3 is 2.46 bits per heavy atom. The summed E-state index contributed by atoms with van der Waals surface area (Å²) in [7, 11) is -4.01. The van der Waals surface area contributed by atoms with E-state index in [0.717, 1.165) is 28.1 Å². The number of hydrazone groups is 1. The summed E-state index contributed by atoms with van der Waals surface area (Å²) in [6.45, 7) is -0.460. The molecule has 0 bridgehead atoms. The molecule has 8 heteroatoms. The average molecular weight is 504 g/mol. The zero-order valence-corrected chi connectivity index (χ0v) is 20.3. The molecular weight excluding hydrogens is 482 g/mol. The lowest BCUT2D eigenvalue weighted by molar-refractivity contribution is -0.119. The second-order valence-electron chi connectivity index (χ2n) is 8.25. The Kier molecular flexibility index (Phi) is 6.28. The summed E-state index contributed by atoms with van der Waals surface area (Å²) in [5, 5.41) is 6.82. The monoisotopic (exact) mass is 503 g/mol. The molecule has 6 nitrogen and oxygen atoms in total. The maximum atomic E-state index is 13.4. The predicted octanol–water partition coefficient (Wildman–Crippen LogP) is 4.94. The molecule has 0 aromatic heterocycles. The number of carbonyl (C=O) groups is 1. The van der Waals surface area contributed by atoms with E-state index in [1.54, 1.807) is 42.6 Å². The van der Waals surface area contributed by atoms with Gasteiger partial charge in [-0.05, 0) is 65.1 Å². The zero-order valence-electron chi connectivity index (χ0n) is 18.7. The van der Waals surface area contributed by atoms with Crippen molar-refractivity contribution in [1.29, 1.82) is 0 Å². The van der Waals surface area contributed by atoms with Crippen LogP contribution in [0.5, 0.6) is 0 Å². The second kappa shape index (κ2) is 9.52. The van der Waals surface area contributed by atoms with Crippen molar-refractivity contribution in [1.82, 2.24) is 5.43 Å². The van der Waals surface area contributed by atoms with E-state index in [1.165, 1.54) is 34.7 Å². The number of nitrogens with one attached hydrogen (secondary N) is 1. The first-order valence-corrected chi connectivity index (χ1v) is 12.9.